The fourth-order valence-corrected chi connectivity index (χ4v) is 2.45. The third kappa shape index (κ3) is 4.03. The van der Waals surface area contributed by atoms with Crippen molar-refractivity contribution in [2.75, 3.05) is 6.61 Å². The molecule has 1 aliphatic heterocycles. The van der Waals surface area contributed by atoms with E-state index in [1.165, 1.54) is 18.6 Å². The van der Waals surface area contributed by atoms with Crippen molar-refractivity contribution in [1.29, 1.82) is 0 Å². The molecule has 1 aromatic rings. The van der Waals surface area contributed by atoms with Crippen LogP contribution in [0.5, 0.6) is 0 Å². The van der Waals surface area contributed by atoms with Gasteiger partial charge in [0.05, 0.1) is 6.10 Å². The zero-order chi connectivity index (χ0) is 13.0. The van der Waals surface area contributed by atoms with Gasteiger partial charge in [-0.05, 0) is 49.8 Å². The fraction of sp³-hybridized carbons (Fsp3) is 0.571. The molecular formula is C14H19F2NO. The van der Waals surface area contributed by atoms with Gasteiger partial charge >= 0.3 is 0 Å². The Morgan fingerprint density at radius 2 is 1.94 bits per heavy atom. The molecule has 0 bridgehead atoms. The van der Waals surface area contributed by atoms with Crippen LogP contribution in [0.2, 0.25) is 0 Å². The van der Waals surface area contributed by atoms with E-state index in [0.717, 1.165) is 31.9 Å². The Bertz CT molecular complexity index is 371. The van der Waals surface area contributed by atoms with E-state index >= 15 is 0 Å². The Labute approximate surface area is 106 Å². The van der Waals surface area contributed by atoms with E-state index in [2.05, 4.69) is 0 Å². The molecule has 1 heterocycles. The minimum Gasteiger partial charge on any atom is -0.378 e. The first-order chi connectivity index (χ1) is 8.63. The fourth-order valence-electron chi connectivity index (χ4n) is 2.45. The van der Waals surface area contributed by atoms with Crippen LogP contribution < -0.4 is 5.73 Å². The van der Waals surface area contributed by atoms with Crippen molar-refractivity contribution in [3.63, 3.8) is 0 Å². The van der Waals surface area contributed by atoms with Crippen LogP contribution in [-0.2, 0) is 11.2 Å². The van der Waals surface area contributed by atoms with E-state index in [1.807, 2.05) is 0 Å². The summed E-state index contributed by atoms with van der Waals surface area (Å²) in [6.07, 6.45) is 4.75. The molecule has 1 aliphatic rings. The van der Waals surface area contributed by atoms with Gasteiger partial charge in [0.25, 0.3) is 0 Å². The van der Waals surface area contributed by atoms with Crippen LogP contribution in [0.25, 0.3) is 0 Å². The van der Waals surface area contributed by atoms with Crippen molar-refractivity contribution in [2.45, 2.75) is 44.2 Å². The third-order valence-corrected chi connectivity index (χ3v) is 3.26. The van der Waals surface area contributed by atoms with Crippen molar-refractivity contribution < 1.29 is 13.5 Å². The summed E-state index contributed by atoms with van der Waals surface area (Å²) in [5.41, 5.74) is 6.62. The van der Waals surface area contributed by atoms with Crippen molar-refractivity contribution >= 4 is 0 Å². The molecule has 0 saturated carbocycles. The number of hydrogen-bond donors (Lipinski definition) is 1. The van der Waals surface area contributed by atoms with Crippen molar-refractivity contribution in [1.82, 2.24) is 0 Å². The number of ether oxygens (including phenoxy) is 1. The van der Waals surface area contributed by atoms with Gasteiger partial charge in [0.1, 0.15) is 11.6 Å². The number of halogens is 2. The Kier molecular flexibility index (Phi) is 4.66. The molecule has 1 aromatic carbocycles. The summed E-state index contributed by atoms with van der Waals surface area (Å²) in [7, 11) is 0. The quantitative estimate of drug-likeness (QED) is 0.898. The highest BCUT2D eigenvalue weighted by Gasteiger charge is 2.17. The minimum atomic E-state index is -0.550. The van der Waals surface area contributed by atoms with Gasteiger partial charge in [-0.2, -0.15) is 0 Å². The molecule has 4 heteroatoms. The maximum absolute atomic E-state index is 13.0. The lowest BCUT2D eigenvalue weighted by molar-refractivity contribution is 0.00747. The monoisotopic (exact) mass is 255 g/mol. The molecule has 100 valence electrons. The molecular weight excluding hydrogens is 236 g/mol. The normalized spacial score (nSPS) is 21.8. The van der Waals surface area contributed by atoms with Crippen molar-refractivity contribution in [3.05, 3.63) is 35.4 Å². The van der Waals surface area contributed by atoms with Gasteiger partial charge < -0.3 is 10.5 Å². The van der Waals surface area contributed by atoms with E-state index in [-0.39, 0.29) is 12.1 Å². The van der Waals surface area contributed by atoms with Crippen LogP contribution in [0, 0.1) is 11.6 Å². The maximum Gasteiger partial charge on any atom is 0.126 e. The standard InChI is InChI=1S/C14H19F2NO/c15-11-5-10(6-12(16)8-11)7-13(17)9-14-3-1-2-4-18-14/h5-6,8,13-14H,1-4,7,9,17H2. The summed E-state index contributed by atoms with van der Waals surface area (Å²) in [6, 6.07) is 3.43. The highest BCUT2D eigenvalue weighted by Crippen LogP contribution is 2.18. The SMILES string of the molecule is NC(Cc1cc(F)cc(F)c1)CC1CCCCO1. The number of benzene rings is 1. The molecule has 0 amide bonds. The van der Waals surface area contributed by atoms with E-state index in [9.17, 15) is 8.78 Å². The van der Waals surface area contributed by atoms with E-state index in [1.54, 1.807) is 0 Å². The molecule has 2 atom stereocenters. The maximum atomic E-state index is 13.0. The average Bonchev–Trinajstić information content (AvgIpc) is 2.28. The van der Waals surface area contributed by atoms with Gasteiger partial charge in [0.2, 0.25) is 0 Å². The zero-order valence-electron chi connectivity index (χ0n) is 10.4. The van der Waals surface area contributed by atoms with Gasteiger partial charge in [-0.15, -0.1) is 0 Å². The Morgan fingerprint density at radius 3 is 2.56 bits per heavy atom. The Morgan fingerprint density at radius 1 is 1.22 bits per heavy atom. The molecule has 2 N–H and O–H groups in total. The molecule has 1 saturated heterocycles. The topological polar surface area (TPSA) is 35.2 Å². The van der Waals surface area contributed by atoms with Gasteiger partial charge in [-0.25, -0.2) is 8.78 Å². The van der Waals surface area contributed by atoms with Gasteiger partial charge in [0.15, 0.2) is 0 Å². The summed E-state index contributed by atoms with van der Waals surface area (Å²) in [6.45, 7) is 0.798. The third-order valence-electron chi connectivity index (χ3n) is 3.26. The number of nitrogens with two attached hydrogens (primary N) is 1. The Hall–Kier alpha value is -1.00. The van der Waals surface area contributed by atoms with Crippen LogP contribution in [0.3, 0.4) is 0 Å². The predicted octanol–water partition coefficient (Wildman–Crippen LogP) is 2.79. The van der Waals surface area contributed by atoms with Gasteiger partial charge in [0, 0.05) is 18.7 Å². The molecule has 2 nitrogen and oxygen atoms in total. The molecule has 18 heavy (non-hydrogen) atoms. The summed E-state index contributed by atoms with van der Waals surface area (Å²) in [5, 5.41) is 0. The minimum absolute atomic E-state index is 0.116. The highest BCUT2D eigenvalue weighted by molar-refractivity contribution is 5.18. The first-order valence-corrected chi connectivity index (χ1v) is 6.45. The average molecular weight is 255 g/mol. The number of rotatable bonds is 4. The largest absolute Gasteiger partial charge is 0.378 e. The molecule has 1 fully saturated rings. The van der Waals surface area contributed by atoms with Crippen molar-refractivity contribution in [3.8, 4) is 0 Å². The molecule has 0 aliphatic carbocycles. The molecule has 0 spiro atoms. The van der Waals surface area contributed by atoms with Gasteiger partial charge in [-0.3, -0.25) is 0 Å². The highest BCUT2D eigenvalue weighted by atomic mass is 19.1. The smallest absolute Gasteiger partial charge is 0.126 e. The van der Waals surface area contributed by atoms with E-state index in [4.69, 9.17) is 10.5 Å². The molecule has 0 aromatic heterocycles. The predicted molar refractivity (Wildman–Crippen MR) is 66.2 cm³/mol. The lowest BCUT2D eigenvalue weighted by Crippen LogP contribution is -2.31. The zero-order valence-corrected chi connectivity index (χ0v) is 10.4. The molecule has 2 rings (SSSR count). The van der Waals surface area contributed by atoms with E-state index < -0.39 is 11.6 Å². The lowest BCUT2D eigenvalue weighted by Gasteiger charge is -2.25. The Balaban J connectivity index is 1.87. The number of hydrogen-bond acceptors (Lipinski definition) is 2. The second kappa shape index (κ2) is 6.25. The second-order valence-electron chi connectivity index (χ2n) is 4.97. The molecule has 2 unspecified atom stereocenters. The second-order valence-corrected chi connectivity index (χ2v) is 4.97. The molecule has 0 radical (unpaired) electrons. The summed E-state index contributed by atoms with van der Waals surface area (Å²) >= 11 is 0. The van der Waals surface area contributed by atoms with Gasteiger partial charge in [-0.1, -0.05) is 0 Å². The van der Waals surface area contributed by atoms with E-state index in [0.29, 0.717) is 12.0 Å². The first-order valence-electron chi connectivity index (χ1n) is 6.45. The van der Waals surface area contributed by atoms with Crippen LogP contribution in [-0.4, -0.2) is 18.8 Å². The lowest BCUT2D eigenvalue weighted by atomic mass is 9.97. The summed E-state index contributed by atoms with van der Waals surface area (Å²) in [4.78, 5) is 0. The van der Waals surface area contributed by atoms with Crippen molar-refractivity contribution in [2.24, 2.45) is 5.73 Å². The van der Waals surface area contributed by atoms with Crippen LogP contribution in [0.1, 0.15) is 31.2 Å². The van der Waals surface area contributed by atoms with Crippen LogP contribution in [0.15, 0.2) is 18.2 Å². The summed E-state index contributed by atoms with van der Waals surface area (Å²) in [5.74, 6) is -1.10. The van der Waals surface area contributed by atoms with Crippen LogP contribution in [0.4, 0.5) is 8.78 Å². The summed E-state index contributed by atoms with van der Waals surface area (Å²) < 4.78 is 31.7. The first kappa shape index (κ1) is 13.4. The van der Waals surface area contributed by atoms with Crippen LogP contribution >= 0.6 is 0 Å².